The van der Waals surface area contributed by atoms with Gasteiger partial charge in [-0.25, -0.2) is 4.39 Å². The van der Waals surface area contributed by atoms with Crippen LogP contribution < -0.4 is 5.73 Å². The Morgan fingerprint density at radius 3 is 2.61 bits per heavy atom. The van der Waals surface area contributed by atoms with Crippen LogP contribution in [-0.2, 0) is 11.3 Å². The van der Waals surface area contributed by atoms with Gasteiger partial charge in [-0.3, -0.25) is 4.79 Å². The van der Waals surface area contributed by atoms with E-state index in [0.717, 1.165) is 0 Å². The minimum absolute atomic E-state index is 0.0728. The number of carbonyl (C=O) groups excluding carboxylic acids is 1. The van der Waals surface area contributed by atoms with Gasteiger partial charge in [-0.15, -0.1) is 0 Å². The standard InChI is InChI=1S/C13H18ClFN2O/c1-8(2)12(16)13(18)17(3)7-9-4-5-10(15)6-11(9)14/h4-6,8,12H,7,16H2,1-3H3. The molecule has 0 saturated heterocycles. The summed E-state index contributed by atoms with van der Waals surface area (Å²) in [5, 5.41) is 0.313. The van der Waals surface area contributed by atoms with Crippen LogP contribution in [0, 0.1) is 11.7 Å². The number of hydrogen-bond donors (Lipinski definition) is 1. The summed E-state index contributed by atoms with van der Waals surface area (Å²) in [5.74, 6) is -0.467. The number of benzene rings is 1. The Kier molecular flexibility index (Phi) is 5.11. The first-order chi connectivity index (χ1) is 8.32. The molecular formula is C13H18ClFN2O. The molecule has 1 unspecified atom stereocenters. The molecule has 0 heterocycles. The van der Waals surface area contributed by atoms with Gasteiger partial charge in [-0.2, -0.15) is 0 Å². The molecule has 1 rings (SSSR count). The monoisotopic (exact) mass is 272 g/mol. The smallest absolute Gasteiger partial charge is 0.239 e. The molecule has 18 heavy (non-hydrogen) atoms. The number of nitrogens with zero attached hydrogens (tertiary/aromatic N) is 1. The van der Waals surface area contributed by atoms with Crippen LogP contribution in [-0.4, -0.2) is 23.9 Å². The summed E-state index contributed by atoms with van der Waals surface area (Å²) in [6.45, 7) is 4.10. The molecule has 0 bridgehead atoms. The average Bonchev–Trinajstić information content (AvgIpc) is 2.30. The van der Waals surface area contributed by atoms with Gasteiger partial charge >= 0.3 is 0 Å². The van der Waals surface area contributed by atoms with Crippen LogP contribution in [0.25, 0.3) is 0 Å². The Hall–Kier alpha value is -1.13. The third kappa shape index (κ3) is 3.68. The summed E-state index contributed by atoms with van der Waals surface area (Å²) in [7, 11) is 1.66. The fraction of sp³-hybridized carbons (Fsp3) is 0.462. The minimum Gasteiger partial charge on any atom is -0.340 e. The van der Waals surface area contributed by atoms with Crippen molar-refractivity contribution in [1.82, 2.24) is 4.90 Å². The zero-order chi connectivity index (χ0) is 13.9. The van der Waals surface area contributed by atoms with E-state index < -0.39 is 11.9 Å². The number of carbonyl (C=O) groups is 1. The highest BCUT2D eigenvalue weighted by Gasteiger charge is 2.21. The molecule has 1 amide bonds. The van der Waals surface area contributed by atoms with E-state index in [0.29, 0.717) is 17.1 Å². The maximum absolute atomic E-state index is 12.9. The highest BCUT2D eigenvalue weighted by Crippen LogP contribution is 2.19. The van der Waals surface area contributed by atoms with Crippen molar-refractivity contribution in [3.05, 3.63) is 34.6 Å². The Morgan fingerprint density at radius 2 is 2.11 bits per heavy atom. The molecule has 0 aliphatic carbocycles. The third-order valence-corrected chi connectivity index (χ3v) is 3.15. The number of rotatable bonds is 4. The fourth-order valence-electron chi connectivity index (χ4n) is 1.52. The molecule has 2 N–H and O–H groups in total. The molecule has 0 aliphatic heterocycles. The van der Waals surface area contributed by atoms with E-state index in [1.165, 1.54) is 17.0 Å². The van der Waals surface area contributed by atoms with Crippen molar-refractivity contribution in [2.75, 3.05) is 7.05 Å². The molecule has 0 saturated carbocycles. The maximum Gasteiger partial charge on any atom is 0.239 e. The summed E-state index contributed by atoms with van der Waals surface area (Å²) >= 11 is 5.91. The van der Waals surface area contributed by atoms with Gasteiger partial charge in [-0.1, -0.05) is 31.5 Å². The van der Waals surface area contributed by atoms with Gasteiger partial charge in [0.15, 0.2) is 0 Å². The lowest BCUT2D eigenvalue weighted by Crippen LogP contribution is -2.44. The lowest BCUT2D eigenvalue weighted by molar-refractivity contribution is -0.132. The quantitative estimate of drug-likeness (QED) is 0.915. The van der Waals surface area contributed by atoms with Crippen molar-refractivity contribution in [2.45, 2.75) is 26.4 Å². The van der Waals surface area contributed by atoms with Crippen molar-refractivity contribution in [2.24, 2.45) is 11.7 Å². The van der Waals surface area contributed by atoms with E-state index in [4.69, 9.17) is 17.3 Å². The van der Waals surface area contributed by atoms with E-state index in [2.05, 4.69) is 0 Å². The van der Waals surface area contributed by atoms with E-state index in [1.54, 1.807) is 13.1 Å². The zero-order valence-corrected chi connectivity index (χ0v) is 11.5. The van der Waals surface area contributed by atoms with Gasteiger partial charge in [0.05, 0.1) is 6.04 Å². The van der Waals surface area contributed by atoms with E-state index in [9.17, 15) is 9.18 Å². The topological polar surface area (TPSA) is 46.3 Å². The van der Waals surface area contributed by atoms with Crippen LogP contribution in [0.1, 0.15) is 19.4 Å². The predicted octanol–water partition coefficient (Wildman–Crippen LogP) is 2.42. The van der Waals surface area contributed by atoms with Crippen molar-refractivity contribution < 1.29 is 9.18 Å². The van der Waals surface area contributed by atoms with Crippen LogP contribution in [0.15, 0.2) is 18.2 Å². The second kappa shape index (κ2) is 6.16. The molecule has 1 aromatic rings. The second-order valence-corrected chi connectivity index (χ2v) is 5.11. The van der Waals surface area contributed by atoms with Gasteiger partial charge in [0, 0.05) is 18.6 Å². The second-order valence-electron chi connectivity index (χ2n) is 4.70. The highest BCUT2D eigenvalue weighted by atomic mass is 35.5. The first-order valence-electron chi connectivity index (χ1n) is 5.77. The minimum atomic E-state index is -0.533. The lowest BCUT2D eigenvalue weighted by Gasteiger charge is -2.23. The normalized spacial score (nSPS) is 12.6. The largest absolute Gasteiger partial charge is 0.340 e. The summed E-state index contributed by atoms with van der Waals surface area (Å²) in [6, 6.07) is 3.59. The molecular weight excluding hydrogens is 255 g/mol. The van der Waals surface area contributed by atoms with Crippen molar-refractivity contribution in [3.63, 3.8) is 0 Å². The molecule has 0 aliphatic rings. The Morgan fingerprint density at radius 1 is 1.50 bits per heavy atom. The summed E-state index contributed by atoms with van der Waals surface area (Å²) in [4.78, 5) is 13.5. The maximum atomic E-state index is 12.9. The highest BCUT2D eigenvalue weighted by molar-refractivity contribution is 6.31. The number of amides is 1. The van der Waals surface area contributed by atoms with Crippen molar-refractivity contribution in [1.29, 1.82) is 0 Å². The molecule has 5 heteroatoms. The third-order valence-electron chi connectivity index (χ3n) is 2.80. The molecule has 1 aromatic carbocycles. The summed E-state index contributed by atoms with van der Waals surface area (Å²) in [5.41, 5.74) is 6.49. The molecule has 0 fully saturated rings. The van der Waals surface area contributed by atoms with E-state index >= 15 is 0 Å². The number of likely N-dealkylation sites (N-methyl/N-ethyl adjacent to an activating group) is 1. The fourth-order valence-corrected chi connectivity index (χ4v) is 1.75. The number of hydrogen-bond acceptors (Lipinski definition) is 2. The van der Waals surface area contributed by atoms with Gasteiger partial charge in [0.25, 0.3) is 0 Å². The first-order valence-corrected chi connectivity index (χ1v) is 6.15. The van der Waals surface area contributed by atoms with Gasteiger partial charge in [0.2, 0.25) is 5.91 Å². The van der Waals surface area contributed by atoms with Crippen LogP contribution in [0.5, 0.6) is 0 Å². The van der Waals surface area contributed by atoms with Crippen LogP contribution >= 0.6 is 11.6 Å². The summed E-state index contributed by atoms with van der Waals surface area (Å²) < 4.78 is 12.9. The van der Waals surface area contributed by atoms with Gasteiger partial charge in [-0.05, 0) is 23.6 Å². The predicted molar refractivity (Wildman–Crippen MR) is 70.7 cm³/mol. The number of nitrogens with two attached hydrogens (primary N) is 1. The number of halogens is 2. The van der Waals surface area contributed by atoms with E-state index in [1.807, 2.05) is 13.8 Å². The van der Waals surface area contributed by atoms with Crippen molar-refractivity contribution in [3.8, 4) is 0 Å². The Bertz CT molecular complexity index is 437. The SMILES string of the molecule is CC(C)C(N)C(=O)N(C)Cc1ccc(F)cc1Cl. The molecule has 3 nitrogen and oxygen atoms in total. The van der Waals surface area contributed by atoms with Crippen LogP contribution in [0.3, 0.4) is 0 Å². The molecule has 1 atom stereocenters. The van der Waals surface area contributed by atoms with Crippen LogP contribution in [0.4, 0.5) is 4.39 Å². The Labute approximate surface area is 112 Å². The molecule has 0 spiro atoms. The first kappa shape index (κ1) is 14.9. The zero-order valence-electron chi connectivity index (χ0n) is 10.8. The lowest BCUT2D eigenvalue weighted by atomic mass is 10.0. The van der Waals surface area contributed by atoms with Crippen molar-refractivity contribution >= 4 is 17.5 Å². The molecule has 0 aromatic heterocycles. The van der Waals surface area contributed by atoms with Gasteiger partial charge < -0.3 is 10.6 Å². The average molecular weight is 273 g/mol. The summed E-state index contributed by atoms with van der Waals surface area (Å²) in [6.07, 6.45) is 0. The molecule has 100 valence electrons. The molecule has 0 radical (unpaired) electrons. The van der Waals surface area contributed by atoms with E-state index in [-0.39, 0.29) is 11.8 Å². The Balaban J connectivity index is 2.75. The van der Waals surface area contributed by atoms with Gasteiger partial charge in [0.1, 0.15) is 5.82 Å². The van der Waals surface area contributed by atoms with Crippen LogP contribution in [0.2, 0.25) is 5.02 Å².